The lowest BCUT2D eigenvalue weighted by Crippen LogP contribution is -2.50. The van der Waals surface area contributed by atoms with Crippen molar-refractivity contribution in [2.75, 3.05) is 45.1 Å². The highest BCUT2D eigenvalue weighted by Crippen LogP contribution is 2.30. The second-order valence-corrected chi connectivity index (χ2v) is 6.82. The van der Waals surface area contributed by atoms with Gasteiger partial charge in [0.05, 0.1) is 6.61 Å². The van der Waals surface area contributed by atoms with Gasteiger partial charge in [-0.25, -0.2) is 0 Å². The molecular weight excluding hydrogens is 220 g/mol. The first-order valence-corrected chi connectivity index (χ1v) is 7.41. The van der Waals surface area contributed by atoms with Crippen LogP contribution in [0.5, 0.6) is 0 Å². The van der Waals surface area contributed by atoms with E-state index in [2.05, 4.69) is 23.6 Å². The second kappa shape index (κ2) is 5.71. The largest absolute Gasteiger partial charge is 0.381 e. The van der Waals surface area contributed by atoms with E-state index in [0.717, 1.165) is 31.6 Å². The molecule has 2 saturated heterocycles. The molecule has 2 aliphatic rings. The topological polar surface area (TPSA) is 38.5 Å². The summed E-state index contributed by atoms with van der Waals surface area (Å²) in [5.74, 6) is 1.27. The fourth-order valence-corrected chi connectivity index (χ4v) is 3.85. The van der Waals surface area contributed by atoms with Crippen LogP contribution in [0.4, 0.5) is 0 Å². The summed E-state index contributed by atoms with van der Waals surface area (Å²) in [4.78, 5) is 2.59. The van der Waals surface area contributed by atoms with E-state index < -0.39 is 0 Å². The van der Waals surface area contributed by atoms with Crippen molar-refractivity contribution in [1.29, 1.82) is 0 Å². The third kappa shape index (κ3) is 3.13. The lowest BCUT2D eigenvalue weighted by Gasteiger charge is -2.42. The van der Waals surface area contributed by atoms with E-state index in [1.54, 1.807) is 0 Å². The van der Waals surface area contributed by atoms with Crippen molar-refractivity contribution in [2.24, 2.45) is 11.1 Å². The number of hydrogen-bond acceptors (Lipinski definition) is 4. The van der Waals surface area contributed by atoms with Gasteiger partial charge < -0.3 is 15.4 Å². The summed E-state index contributed by atoms with van der Waals surface area (Å²) in [6.07, 6.45) is 2.41. The first-order valence-electron chi connectivity index (χ1n) is 6.36. The first-order chi connectivity index (χ1) is 7.74. The van der Waals surface area contributed by atoms with Crippen molar-refractivity contribution in [1.82, 2.24) is 4.90 Å². The highest BCUT2D eigenvalue weighted by molar-refractivity contribution is 7.99. The number of nitrogens with two attached hydrogens (primary N) is 1. The standard InChI is InChI=1S/C12H24N2OS/c1-11-7-14(4-6-16-11)9-12(8-13)3-2-5-15-10-12/h11H,2-10,13H2,1H3. The lowest BCUT2D eigenvalue weighted by molar-refractivity contribution is -0.0212. The number of rotatable bonds is 3. The fraction of sp³-hybridized carbons (Fsp3) is 1.00. The minimum absolute atomic E-state index is 0.236. The Balaban J connectivity index is 1.89. The zero-order valence-electron chi connectivity index (χ0n) is 10.3. The maximum Gasteiger partial charge on any atom is 0.0546 e. The third-order valence-electron chi connectivity index (χ3n) is 3.72. The predicted molar refractivity (Wildman–Crippen MR) is 69.9 cm³/mol. The fourth-order valence-electron chi connectivity index (χ4n) is 2.77. The summed E-state index contributed by atoms with van der Waals surface area (Å²) in [6.45, 7) is 8.45. The zero-order valence-corrected chi connectivity index (χ0v) is 11.1. The van der Waals surface area contributed by atoms with E-state index in [4.69, 9.17) is 10.5 Å². The van der Waals surface area contributed by atoms with Crippen LogP contribution in [-0.2, 0) is 4.74 Å². The molecule has 2 N–H and O–H groups in total. The number of thioether (sulfide) groups is 1. The molecule has 0 bridgehead atoms. The van der Waals surface area contributed by atoms with E-state index in [0.29, 0.717) is 0 Å². The number of ether oxygens (including phenoxy) is 1. The van der Waals surface area contributed by atoms with Gasteiger partial charge in [0.25, 0.3) is 0 Å². The van der Waals surface area contributed by atoms with E-state index in [1.165, 1.54) is 31.7 Å². The van der Waals surface area contributed by atoms with Gasteiger partial charge in [-0.1, -0.05) is 6.92 Å². The van der Waals surface area contributed by atoms with Gasteiger partial charge in [0, 0.05) is 49.2 Å². The van der Waals surface area contributed by atoms with Gasteiger partial charge in [0.2, 0.25) is 0 Å². The van der Waals surface area contributed by atoms with Crippen LogP contribution in [0.3, 0.4) is 0 Å². The highest BCUT2D eigenvalue weighted by Gasteiger charge is 2.34. The average Bonchev–Trinajstić information content (AvgIpc) is 2.30. The lowest BCUT2D eigenvalue weighted by atomic mass is 9.82. The minimum Gasteiger partial charge on any atom is -0.381 e. The molecule has 0 saturated carbocycles. The molecule has 0 spiro atoms. The van der Waals surface area contributed by atoms with Gasteiger partial charge in [0.15, 0.2) is 0 Å². The molecule has 2 rings (SSSR count). The quantitative estimate of drug-likeness (QED) is 0.809. The van der Waals surface area contributed by atoms with Crippen LogP contribution >= 0.6 is 11.8 Å². The summed E-state index contributed by atoms with van der Waals surface area (Å²) in [7, 11) is 0. The Bertz CT molecular complexity index is 219. The van der Waals surface area contributed by atoms with E-state index in [1.807, 2.05) is 0 Å². The zero-order chi connectivity index (χ0) is 11.4. The van der Waals surface area contributed by atoms with Crippen LogP contribution in [0.1, 0.15) is 19.8 Å². The van der Waals surface area contributed by atoms with Crippen LogP contribution in [0.2, 0.25) is 0 Å². The molecule has 0 aromatic heterocycles. The Morgan fingerprint density at radius 1 is 1.56 bits per heavy atom. The van der Waals surface area contributed by atoms with Crippen molar-refractivity contribution in [3.05, 3.63) is 0 Å². The molecule has 94 valence electrons. The van der Waals surface area contributed by atoms with Crippen molar-refractivity contribution >= 4 is 11.8 Å². The summed E-state index contributed by atoms with van der Waals surface area (Å²) in [5, 5.41) is 0.771. The Labute approximate surface area is 103 Å². The predicted octanol–water partition coefficient (Wildman–Crippen LogP) is 1.18. The van der Waals surface area contributed by atoms with Crippen LogP contribution in [-0.4, -0.2) is 55.3 Å². The van der Waals surface area contributed by atoms with Crippen molar-refractivity contribution in [3.63, 3.8) is 0 Å². The normalized spacial score (nSPS) is 37.5. The minimum atomic E-state index is 0.236. The molecule has 0 aromatic rings. The number of hydrogen-bond donors (Lipinski definition) is 1. The van der Waals surface area contributed by atoms with Crippen molar-refractivity contribution in [3.8, 4) is 0 Å². The second-order valence-electron chi connectivity index (χ2n) is 5.28. The number of nitrogens with zero attached hydrogens (tertiary/aromatic N) is 1. The Morgan fingerprint density at radius 3 is 3.06 bits per heavy atom. The molecular formula is C12H24N2OS. The molecule has 2 atom stereocenters. The Kier molecular flexibility index (Phi) is 4.53. The average molecular weight is 244 g/mol. The molecule has 4 heteroatoms. The third-order valence-corrected chi connectivity index (χ3v) is 4.86. The van der Waals surface area contributed by atoms with Crippen LogP contribution in [0.15, 0.2) is 0 Å². The van der Waals surface area contributed by atoms with Crippen LogP contribution < -0.4 is 5.73 Å². The molecule has 2 heterocycles. The van der Waals surface area contributed by atoms with E-state index >= 15 is 0 Å². The van der Waals surface area contributed by atoms with Gasteiger partial charge in [-0.3, -0.25) is 0 Å². The molecule has 0 radical (unpaired) electrons. The molecule has 2 unspecified atom stereocenters. The molecule has 0 amide bonds. The van der Waals surface area contributed by atoms with Gasteiger partial charge in [-0.05, 0) is 12.8 Å². The smallest absolute Gasteiger partial charge is 0.0546 e. The van der Waals surface area contributed by atoms with Gasteiger partial charge in [-0.15, -0.1) is 0 Å². The van der Waals surface area contributed by atoms with Crippen molar-refractivity contribution in [2.45, 2.75) is 25.0 Å². The molecule has 16 heavy (non-hydrogen) atoms. The van der Waals surface area contributed by atoms with E-state index in [-0.39, 0.29) is 5.41 Å². The summed E-state index contributed by atoms with van der Waals surface area (Å²) in [5.41, 5.74) is 6.21. The molecule has 0 aromatic carbocycles. The van der Waals surface area contributed by atoms with Gasteiger partial charge in [0.1, 0.15) is 0 Å². The van der Waals surface area contributed by atoms with E-state index in [9.17, 15) is 0 Å². The monoisotopic (exact) mass is 244 g/mol. The maximum atomic E-state index is 5.98. The molecule has 2 aliphatic heterocycles. The Morgan fingerprint density at radius 2 is 2.44 bits per heavy atom. The van der Waals surface area contributed by atoms with Crippen LogP contribution in [0.25, 0.3) is 0 Å². The van der Waals surface area contributed by atoms with Gasteiger partial charge in [-0.2, -0.15) is 11.8 Å². The SMILES string of the molecule is CC1CN(CC2(CN)CCCOC2)CCS1. The van der Waals surface area contributed by atoms with Crippen LogP contribution in [0, 0.1) is 5.41 Å². The highest BCUT2D eigenvalue weighted by atomic mass is 32.2. The summed E-state index contributed by atoms with van der Waals surface area (Å²) < 4.78 is 5.63. The van der Waals surface area contributed by atoms with Crippen molar-refractivity contribution < 1.29 is 4.74 Å². The molecule has 3 nitrogen and oxygen atoms in total. The summed E-state index contributed by atoms with van der Waals surface area (Å²) >= 11 is 2.09. The Hall–Kier alpha value is 0.230. The van der Waals surface area contributed by atoms with Gasteiger partial charge >= 0.3 is 0 Å². The maximum absolute atomic E-state index is 5.98. The molecule has 0 aliphatic carbocycles. The summed E-state index contributed by atoms with van der Waals surface area (Å²) in [6, 6.07) is 0. The first kappa shape index (κ1) is 12.7. The molecule has 2 fully saturated rings.